The van der Waals surface area contributed by atoms with Crippen LogP contribution in [-0.4, -0.2) is 39.4 Å². The summed E-state index contributed by atoms with van der Waals surface area (Å²) in [6.07, 6.45) is 7.38. The zero-order valence-electron chi connectivity index (χ0n) is 16.0. The molecular formula is C22H32O4. The minimum absolute atomic E-state index is 0.00739. The first-order valence-corrected chi connectivity index (χ1v) is 10.1. The van der Waals surface area contributed by atoms with E-state index in [9.17, 15) is 20.1 Å². The molecule has 4 heteroatoms. The molecule has 3 fully saturated rings. The Kier molecular flexibility index (Phi) is 4.08. The summed E-state index contributed by atoms with van der Waals surface area (Å²) in [4.78, 5) is 12.4. The number of Topliss-reactive ketones (excluding diaryl/α,β-unsaturated/α-hetero) is 1. The predicted octanol–water partition coefficient (Wildman–Crippen LogP) is 2.77. The first-order valence-electron chi connectivity index (χ1n) is 10.1. The van der Waals surface area contributed by atoms with E-state index in [1.807, 2.05) is 6.92 Å². The minimum atomic E-state index is -1.50. The summed E-state index contributed by atoms with van der Waals surface area (Å²) < 4.78 is 0. The van der Waals surface area contributed by atoms with Crippen molar-refractivity contribution in [2.24, 2.45) is 28.6 Å². The Morgan fingerprint density at radius 2 is 2.00 bits per heavy atom. The van der Waals surface area contributed by atoms with Gasteiger partial charge in [-0.25, -0.2) is 0 Å². The van der Waals surface area contributed by atoms with Crippen molar-refractivity contribution in [3.63, 3.8) is 0 Å². The van der Waals surface area contributed by atoms with Crippen molar-refractivity contribution in [3.05, 3.63) is 23.8 Å². The first-order chi connectivity index (χ1) is 12.2. The molecule has 0 aromatic heterocycles. The molecule has 7 atom stereocenters. The second-order valence-electron chi connectivity index (χ2n) is 9.75. The zero-order chi connectivity index (χ0) is 18.9. The van der Waals surface area contributed by atoms with Gasteiger partial charge in [0.15, 0.2) is 5.78 Å². The van der Waals surface area contributed by atoms with E-state index < -0.39 is 29.5 Å². The molecule has 4 rings (SSSR count). The van der Waals surface area contributed by atoms with Crippen LogP contribution in [0.4, 0.5) is 0 Å². The maximum Gasteiger partial charge on any atom is 0.190 e. The zero-order valence-corrected chi connectivity index (χ0v) is 16.0. The molecular weight excluding hydrogens is 328 g/mol. The van der Waals surface area contributed by atoms with Gasteiger partial charge in [-0.15, -0.1) is 0 Å². The highest BCUT2D eigenvalue weighted by atomic mass is 16.3. The van der Waals surface area contributed by atoms with E-state index in [1.54, 1.807) is 0 Å². The number of carbonyl (C=O) groups is 1. The minimum Gasteiger partial charge on any atom is -0.393 e. The molecule has 0 aromatic rings. The molecule has 3 N–H and O–H groups in total. The Labute approximate surface area is 156 Å². The Hall–Kier alpha value is -0.970. The fourth-order valence-electron chi connectivity index (χ4n) is 7.37. The van der Waals surface area contributed by atoms with Crippen LogP contribution in [0.5, 0.6) is 0 Å². The molecule has 3 unspecified atom stereocenters. The van der Waals surface area contributed by atoms with Gasteiger partial charge in [0.05, 0.1) is 6.10 Å². The summed E-state index contributed by atoms with van der Waals surface area (Å²) in [5.41, 5.74) is 0.457. The van der Waals surface area contributed by atoms with E-state index in [0.29, 0.717) is 18.8 Å². The SMILES string of the molecule is C=C1C=C2CCC3C([C@@H](O)C[C@@]4(C)C3CC[C@]4(O)C(=O)CO)[C@@]2(C)CC1. The van der Waals surface area contributed by atoms with Crippen LogP contribution in [0.3, 0.4) is 0 Å². The average Bonchev–Trinajstić information content (AvgIpc) is 2.86. The van der Waals surface area contributed by atoms with Gasteiger partial charge < -0.3 is 15.3 Å². The third-order valence-electron chi connectivity index (χ3n) is 8.77. The maximum absolute atomic E-state index is 12.4. The van der Waals surface area contributed by atoms with Crippen LogP contribution >= 0.6 is 0 Å². The van der Waals surface area contributed by atoms with Crippen LogP contribution in [0.15, 0.2) is 23.8 Å². The van der Waals surface area contributed by atoms with E-state index in [0.717, 1.165) is 32.1 Å². The molecule has 0 aliphatic heterocycles. The topological polar surface area (TPSA) is 77.8 Å². The van der Waals surface area contributed by atoms with Crippen LogP contribution in [0.25, 0.3) is 0 Å². The number of hydrogen-bond donors (Lipinski definition) is 3. The highest BCUT2D eigenvalue weighted by Crippen LogP contribution is 2.67. The van der Waals surface area contributed by atoms with Crippen molar-refractivity contribution in [2.75, 3.05) is 6.61 Å². The lowest BCUT2D eigenvalue weighted by Gasteiger charge is -2.60. The lowest BCUT2D eigenvalue weighted by Crippen LogP contribution is -2.61. The van der Waals surface area contributed by atoms with Gasteiger partial charge >= 0.3 is 0 Å². The highest BCUT2D eigenvalue weighted by Gasteiger charge is 2.68. The number of ketones is 1. The van der Waals surface area contributed by atoms with Crippen molar-refractivity contribution in [1.29, 1.82) is 0 Å². The van der Waals surface area contributed by atoms with Gasteiger partial charge in [-0.2, -0.15) is 0 Å². The van der Waals surface area contributed by atoms with Crippen LogP contribution in [0, 0.1) is 28.6 Å². The number of hydrogen-bond acceptors (Lipinski definition) is 4. The van der Waals surface area contributed by atoms with Gasteiger partial charge in [-0.1, -0.05) is 37.6 Å². The molecule has 144 valence electrons. The maximum atomic E-state index is 12.4. The van der Waals surface area contributed by atoms with E-state index in [2.05, 4.69) is 19.6 Å². The molecule has 0 amide bonds. The molecule has 0 saturated heterocycles. The molecule has 4 aliphatic rings. The monoisotopic (exact) mass is 360 g/mol. The van der Waals surface area contributed by atoms with Crippen LogP contribution in [0.1, 0.15) is 58.8 Å². The van der Waals surface area contributed by atoms with Crippen molar-refractivity contribution in [2.45, 2.75) is 70.5 Å². The summed E-state index contributed by atoms with van der Waals surface area (Å²) in [7, 11) is 0. The fourth-order valence-corrected chi connectivity index (χ4v) is 7.37. The van der Waals surface area contributed by atoms with E-state index in [1.165, 1.54) is 11.1 Å². The third-order valence-corrected chi connectivity index (χ3v) is 8.77. The number of rotatable bonds is 2. The number of aliphatic hydroxyl groups excluding tert-OH is 2. The van der Waals surface area contributed by atoms with Gasteiger partial charge in [0, 0.05) is 5.41 Å². The lowest BCUT2D eigenvalue weighted by molar-refractivity contribution is -0.181. The Morgan fingerprint density at radius 3 is 2.69 bits per heavy atom. The molecule has 0 bridgehead atoms. The van der Waals surface area contributed by atoms with Gasteiger partial charge in [0.25, 0.3) is 0 Å². The van der Waals surface area contributed by atoms with Crippen molar-refractivity contribution in [1.82, 2.24) is 0 Å². The number of allylic oxidation sites excluding steroid dienone is 3. The predicted molar refractivity (Wildman–Crippen MR) is 99.3 cm³/mol. The van der Waals surface area contributed by atoms with Crippen molar-refractivity contribution < 1.29 is 20.1 Å². The number of aliphatic hydroxyl groups is 3. The standard InChI is InChI=1S/C22H32O4/c1-13-6-8-20(2)14(10-13)4-5-15-16-7-9-22(26,18(25)12-23)21(16,3)11-17(24)19(15)20/h10,15-17,19,23-24,26H,1,4-9,11-12H2,2-3H3/t15?,16?,17-,19?,20-,21-,22-/m0/s1. The molecule has 4 aliphatic carbocycles. The molecule has 0 radical (unpaired) electrons. The lowest BCUT2D eigenvalue weighted by atomic mass is 9.45. The van der Waals surface area contributed by atoms with Crippen LogP contribution in [0.2, 0.25) is 0 Å². The Bertz CT molecular complexity index is 682. The molecule has 4 nitrogen and oxygen atoms in total. The summed E-state index contributed by atoms with van der Waals surface area (Å²) in [5, 5.41) is 31.8. The summed E-state index contributed by atoms with van der Waals surface area (Å²) in [6, 6.07) is 0. The van der Waals surface area contributed by atoms with Gasteiger partial charge in [-0.3, -0.25) is 4.79 Å². The van der Waals surface area contributed by atoms with E-state index in [-0.39, 0.29) is 17.3 Å². The third kappa shape index (κ3) is 2.15. The molecule has 0 heterocycles. The van der Waals surface area contributed by atoms with Gasteiger partial charge in [0.2, 0.25) is 0 Å². The fraction of sp³-hybridized carbons (Fsp3) is 0.773. The largest absolute Gasteiger partial charge is 0.393 e. The first kappa shape index (κ1) is 18.4. The average molecular weight is 360 g/mol. The van der Waals surface area contributed by atoms with E-state index in [4.69, 9.17) is 0 Å². The summed E-state index contributed by atoms with van der Waals surface area (Å²) in [5.74, 6) is 0.239. The van der Waals surface area contributed by atoms with Gasteiger partial charge in [-0.05, 0) is 68.1 Å². The van der Waals surface area contributed by atoms with Crippen molar-refractivity contribution >= 4 is 5.78 Å². The number of carbonyl (C=O) groups excluding carboxylic acids is 1. The quantitative estimate of drug-likeness (QED) is 0.708. The molecule has 3 saturated carbocycles. The molecule has 0 aromatic carbocycles. The summed E-state index contributed by atoms with van der Waals surface area (Å²) in [6.45, 7) is 7.77. The highest BCUT2D eigenvalue weighted by molar-refractivity contribution is 5.89. The second-order valence-corrected chi connectivity index (χ2v) is 9.75. The normalized spacial score (nSPS) is 50.5. The molecule has 0 spiro atoms. The summed E-state index contributed by atoms with van der Waals surface area (Å²) >= 11 is 0. The Morgan fingerprint density at radius 1 is 1.27 bits per heavy atom. The Balaban J connectivity index is 1.74. The van der Waals surface area contributed by atoms with Crippen LogP contribution in [-0.2, 0) is 4.79 Å². The second kappa shape index (κ2) is 5.76. The van der Waals surface area contributed by atoms with E-state index >= 15 is 0 Å². The molecule has 26 heavy (non-hydrogen) atoms. The van der Waals surface area contributed by atoms with Crippen molar-refractivity contribution in [3.8, 4) is 0 Å². The van der Waals surface area contributed by atoms with Gasteiger partial charge in [0.1, 0.15) is 12.2 Å². The van der Waals surface area contributed by atoms with Crippen LogP contribution < -0.4 is 0 Å². The smallest absolute Gasteiger partial charge is 0.190 e. The number of fused-ring (bicyclic) bond motifs is 5.